The average molecular weight is 479 g/mol. The first-order valence-electron chi connectivity index (χ1n) is 13.1. The summed E-state index contributed by atoms with van der Waals surface area (Å²) >= 11 is 0. The standard InChI is InChI=1S/C27H42O7/c1-7-17-8-9-18-23-19(10-11-26(17,18)5)27(6)13-22(32-14(2)28)21(31)12-20(27)24(33-15(3)29)25(23)34-16(4)30/h17-25,31H,7-13H2,1-6H3/t17-,18?,19?,20?,21?,22+,23?,24+,25+,26+,27+/m0/s1. The summed E-state index contributed by atoms with van der Waals surface area (Å²) in [7, 11) is 0. The van der Waals surface area contributed by atoms with Crippen LogP contribution in [0.25, 0.3) is 0 Å². The summed E-state index contributed by atoms with van der Waals surface area (Å²) in [5.41, 5.74) is -0.145. The second-order valence-corrected chi connectivity index (χ2v) is 11.9. The summed E-state index contributed by atoms with van der Waals surface area (Å²) < 4.78 is 17.6. The van der Waals surface area contributed by atoms with Crippen LogP contribution in [0.1, 0.15) is 86.5 Å². The van der Waals surface area contributed by atoms with Crippen LogP contribution in [0, 0.1) is 40.4 Å². The molecule has 0 spiro atoms. The van der Waals surface area contributed by atoms with Crippen molar-refractivity contribution in [2.45, 2.75) is 111 Å². The summed E-state index contributed by atoms with van der Waals surface area (Å²) in [5, 5.41) is 10.9. The lowest BCUT2D eigenvalue weighted by Crippen LogP contribution is -2.67. The molecule has 0 aromatic heterocycles. The van der Waals surface area contributed by atoms with Gasteiger partial charge in [-0.15, -0.1) is 0 Å². The molecular formula is C27H42O7. The minimum Gasteiger partial charge on any atom is -0.460 e. The Kier molecular flexibility index (Phi) is 6.82. The summed E-state index contributed by atoms with van der Waals surface area (Å²) in [4.78, 5) is 36.4. The number of rotatable bonds is 4. The van der Waals surface area contributed by atoms with Crippen LogP contribution in [-0.2, 0) is 28.6 Å². The molecule has 0 heterocycles. The van der Waals surface area contributed by atoms with Gasteiger partial charge >= 0.3 is 17.9 Å². The van der Waals surface area contributed by atoms with Gasteiger partial charge in [0.2, 0.25) is 0 Å². The van der Waals surface area contributed by atoms with Gasteiger partial charge in [-0.1, -0.05) is 27.2 Å². The van der Waals surface area contributed by atoms with E-state index < -0.39 is 36.4 Å². The van der Waals surface area contributed by atoms with Crippen molar-refractivity contribution in [3.05, 3.63) is 0 Å². The Morgan fingerprint density at radius 2 is 1.41 bits per heavy atom. The lowest BCUT2D eigenvalue weighted by molar-refractivity contribution is -0.252. The molecule has 4 aliphatic rings. The smallest absolute Gasteiger partial charge is 0.303 e. The number of hydrogen-bond donors (Lipinski definition) is 1. The number of ether oxygens (including phenoxy) is 3. The van der Waals surface area contributed by atoms with Crippen molar-refractivity contribution in [1.82, 2.24) is 0 Å². The Balaban J connectivity index is 1.80. The molecule has 192 valence electrons. The zero-order valence-corrected chi connectivity index (χ0v) is 21.5. The fourth-order valence-electron chi connectivity index (χ4n) is 9.00. The highest BCUT2D eigenvalue weighted by molar-refractivity contribution is 5.67. The predicted molar refractivity (Wildman–Crippen MR) is 124 cm³/mol. The zero-order chi connectivity index (χ0) is 25.0. The molecule has 0 aromatic rings. The Morgan fingerprint density at radius 3 is 2.00 bits per heavy atom. The van der Waals surface area contributed by atoms with Crippen LogP contribution in [0.4, 0.5) is 0 Å². The Labute approximate surface area is 203 Å². The molecular weight excluding hydrogens is 436 g/mol. The van der Waals surface area contributed by atoms with E-state index in [1.165, 1.54) is 27.2 Å². The summed E-state index contributed by atoms with van der Waals surface area (Å²) in [5.74, 6) is -0.0495. The summed E-state index contributed by atoms with van der Waals surface area (Å²) in [6.45, 7) is 11.1. The zero-order valence-electron chi connectivity index (χ0n) is 21.5. The van der Waals surface area contributed by atoms with Gasteiger partial charge < -0.3 is 19.3 Å². The second-order valence-electron chi connectivity index (χ2n) is 11.9. The van der Waals surface area contributed by atoms with Crippen molar-refractivity contribution >= 4 is 17.9 Å². The van der Waals surface area contributed by atoms with Crippen LogP contribution in [0.3, 0.4) is 0 Å². The van der Waals surface area contributed by atoms with E-state index in [9.17, 15) is 19.5 Å². The van der Waals surface area contributed by atoms with Crippen LogP contribution >= 0.6 is 0 Å². The maximum atomic E-state index is 12.3. The average Bonchev–Trinajstić information content (AvgIpc) is 3.07. The third-order valence-electron chi connectivity index (χ3n) is 10.3. The molecule has 0 aliphatic heterocycles. The topological polar surface area (TPSA) is 99.1 Å². The maximum absolute atomic E-state index is 12.3. The highest BCUT2D eigenvalue weighted by Gasteiger charge is 2.68. The number of esters is 3. The summed E-state index contributed by atoms with van der Waals surface area (Å²) in [6, 6.07) is 0. The molecule has 4 saturated carbocycles. The molecule has 4 aliphatic carbocycles. The minimum absolute atomic E-state index is 0.0676. The van der Waals surface area contributed by atoms with Gasteiger partial charge in [-0.05, 0) is 67.1 Å². The van der Waals surface area contributed by atoms with Gasteiger partial charge in [-0.25, -0.2) is 0 Å². The molecule has 7 nitrogen and oxygen atoms in total. The number of carbonyl (C=O) groups is 3. The van der Waals surface area contributed by atoms with Gasteiger partial charge in [0.05, 0.1) is 6.10 Å². The van der Waals surface area contributed by atoms with Crippen molar-refractivity contribution in [2.75, 3.05) is 0 Å². The lowest BCUT2D eigenvalue weighted by Gasteiger charge is -2.64. The molecule has 4 rings (SSSR count). The van der Waals surface area contributed by atoms with E-state index in [-0.39, 0.29) is 34.6 Å². The van der Waals surface area contributed by atoms with Crippen molar-refractivity contribution in [1.29, 1.82) is 0 Å². The normalized spacial score (nSPS) is 47.6. The first kappa shape index (κ1) is 25.5. The molecule has 0 aromatic carbocycles. The van der Waals surface area contributed by atoms with Gasteiger partial charge in [0.15, 0.2) is 0 Å². The van der Waals surface area contributed by atoms with Crippen LogP contribution < -0.4 is 0 Å². The van der Waals surface area contributed by atoms with Gasteiger partial charge in [-0.2, -0.15) is 0 Å². The van der Waals surface area contributed by atoms with E-state index in [0.717, 1.165) is 25.7 Å². The van der Waals surface area contributed by atoms with Crippen molar-refractivity contribution in [3.63, 3.8) is 0 Å². The SMILES string of the molecule is CC[C@H]1CCC2C3C(CC[C@@]21C)[C@@]1(C)C[C@@H](OC(C)=O)C(O)CC1[C@@H](OC(C)=O)[C@@H]3OC(C)=O. The Bertz CT molecular complexity index is 826. The van der Waals surface area contributed by atoms with Gasteiger partial charge in [-0.3, -0.25) is 14.4 Å². The number of aliphatic hydroxyl groups is 1. The van der Waals surface area contributed by atoms with E-state index in [1.54, 1.807) is 0 Å². The third kappa shape index (κ3) is 4.06. The van der Waals surface area contributed by atoms with Crippen molar-refractivity contribution < 1.29 is 33.7 Å². The second kappa shape index (κ2) is 9.11. The van der Waals surface area contributed by atoms with Crippen molar-refractivity contribution in [2.24, 2.45) is 40.4 Å². The molecule has 0 amide bonds. The van der Waals surface area contributed by atoms with E-state index in [2.05, 4.69) is 20.8 Å². The number of carbonyl (C=O) groups excluding carboxylic acids is 3. The number of hydrogen-bond acceptors (Lipinski definition) is 7. The molecule has 4 fully saturated rings. The van der Waals surface area contributed by atoms with Crippen LogP contribution in [0.5, 0.6) is 0 Å². The van der Waals surface area contributed by atoms with Gasteiger partial charge in [0, 0.05) is 32.6 Å². The number of fused-ring (bicyclic) bond motifs is 5. The molecule has 5 unspecified atom stereocenters. The van der Waals surface area contributed by atoms with Crippen molar-refractivity contribution in [3.8, 4) is 0 Å². The molecule has 7 heteroatoms. The van der Waals surface area contributed by atoms with E-state index in [1.807, 2.05) is 0 Å². The van der Waals surface area contributed by atoms with E-state index in [0.29, 0.717) is 24.7 Å². The largest absolute Gasteiger partial charge is 0.460 e. The maximum Gasteiger partial charge on any atom is 0.303 e. The highest BCUT2D eigenvalue weighted by atomic mass is 16.6. The lowest BCUT2D eigenvalue weighted by atomic mass is 9.43. The van der Waals surface area contributed by atoms with Crippen LogP contribution in [0.15, 0.2) is 0 Å². The fraction of sp³-hybridized carbons (Fsp3) is 0.889. The molecule has 11 atom stereocenters. The first-order valence-corrected chi connectivity index (χ1v) is 13.1. The minimum atomic E-state index is -0.848. The first-order chi connectivity index (χ1) is 15.9. The van der Waals surface area contributed by atoms with Crippen LogP contribution in [-0.4, -0.2) is 47.4 Å². The molecule has 0 bridgehead atoms. The Morgan fingerprint density at radius 1 is 0.824 bits per heavy atom. The highest BCUT2D eigenvalue weighted by Crippen LogP contribution is 2.68. The van der Waals surface area contributed by atoms with Gasteiger partial charge in [0.25, 0.3) is 0 Å². The molecule has 0 radical (unpaired) electrons. The Hall–Kier alpha value is -1.63. The predicted octanol–water partition coefficient (Wildman–Crippen LogP) is 4.04. The summed E-state index contributed by atoms with van der Waals surface area (Å²) in [6.07, 6.45) is 3.78. The van der Waals surface area contributed by atoms with E-state index in [4.69, 9.17) is 14.2 Å². The fourth-order valence-corrected chi connectivity index (χ4v) is 9.00. The third-order valence-corrected chi connectivity index (χ3v) is 10.3. The number of aliphatic hydroxyl groups excluding tert-OH is 1. The molecule has 0 saturated heterocycles. The van der Waals surface area contributed by atoms with Crippen LogP contribution in [0.2, 0.25) is 0 Å². The molecule has 1 N–H and O–H groups in total. The monoisotopic (exact) mass is 478 g/mol. The van der Waals surface area contributed by atoms with E-state index >= 15 is 0 Å². The van der Waals surface area contributed by atoms with Gasteiger partial charge in [0.1, 0.15) is 18.3 Å². The molecule has 34 heavy (non-hydrogen) atoms. The quantitative estimate of drug-likeness (QED) is 0.481.